The minimum atomic E-state index is -0.510. The number of hydrogen-bond acceptors (Lipinski definition) is 6. The highest BCUT2D eigenvalue weighted by atomic mass is 32.1. The minimum absolute atomic E-state index is 0.0311. The van der Waals surface area contributed by atoms with Crippen LogP contribution in [0.4, 0.5) is 4.39 Å². The fraction of sp³-hybridized carbons (Fsp3) is 0.250. The average molecular weight is 344 g/mol. The molecule has 2 aromatic heterocycles. The van der Waals surface area contributed by atoms with Gasteiger partial charge in [0.15, 0.2) is 5.82 Å². The molecule has 0 aliphatic carbocycles. The number of benzene rings is 1. The Hall–Kier alpha value is -2.61. The highest BCUT2D eigenvalue weighted by Gasteiger charge is 2.29. The van der Waals surface area contributed by atoms with Crippen LogP contribution in [-0.2, 0) is 0 Å². The molecular weight excluding hydrogens is 331 g/mol. The number of hydrogen-bond donors (Lipinski definition) is 0. The summed E-state index contributed by atoms with van der Waals surface area (Å²) in [6, 6.07) is 5.64. The molecule has 6 nitrogen and oxygen atoms in total. The number of carbonyl (C=O) groups is 1. The van der Waals surface area contributed by atoms with Crippen LogP contribution in [0.15, 0.2) is 36.1 Å². The molecule has 3 aromatic rings. The lowest BCUT2D eigenvalue weighted by atomic mass is 10.2. The van der Waals surface area contributed by atoms with E-state index < -0.39 is 5.82 Å². The molecule has 1 amide bonds. The first-order valence-electron chi connectivity index (χ1n) is 7.46. The van der Waals surface area contributed by atoms with E-state index in [1.54, 1.807) is 16.5 Å². The first-order chi connectivity index (χ1) is 11.7. The number of halogens is 1. The van der Waals surface area contributed by atoms with Crippen molar-refractivity contribution < 1.29 is 13.9 Å². The maximum absolute atomic E-state index is 12.8. The van der Waals surface area contributed by atoms with Crippen LogP contribution in [0.5, 0.6) is 6.01 Å². The normalized spacial score (nSPS) is 17.4. The number of aromatic nitrogens is 3. The number of thiazole rings is 1. The van der Waals surface area contributed by atoms with E-state index in [9.17, 15) is 9.18 Å². The number of likely N-dealkylation sites (tertiary alicyclic amines) is 1. The van der Waals surface area contributed by atoms with E-state index in [0.29, 0.717) is 25.1 Å². The van der Waals surface area contributed by atoms with Gasteiger partial charge in [-0.1, -0.05) is 0 Å². The van der Waals surface area contributed by atoms with Gasteiger partial charge in [0.1, 0.15) is 6.10 Å². The fourth-order valence-corrected chi connectivity index (χ4v) is 3.41. The summed E-state index contributed by atoms with van der Waals surface area (Å²) in [6.45, 7) is 1.06. The van der Waals surface area contributed by atoms with E-state index in [0.717, 1.165) is 22.6 Å². The largest absolute Gasteiger partial charge is 0.458 e. The summed E-state index contributed by atoms with van der Waals surface area (Å²) in [5.41, 5.74) is 3.31. The second-order valence-corrected chi connectivity index (χ2v) is 6.38. The van der Waals surface area contributed by atoms with Gasteiger partial charge in [-0.2, -0.15) is 0 Å². The van der Waals surface area contributed by atoms with Gasteiger partial charge in [-0.05, 0) is 18.2 Å². The first kappa shape index (κ1) is 14.9. The van der Waals surface area contributed by atoms with E-state index in [4.69, 9.17) is 4.74 Å². The molecule has 122 valence electrons. The molecule has 1 saturated heterocycles. The SMILES string of the molecule is O=C(c1ccc2ncsc2c1)N1CCC(Oc2ncc(F)cn2)C1. The van der Waals surface area contributed by atoms with Crippen LogP contribution in [0.2, 0.25) is 0 Å². The van der Waals surface area contributed by atoms with Crippen molar-refractivity contribution in [1.29, 1.82) is 0 Å². The van der Waals surface area contributed by atoms with Gasteiger partial charge in [-0.3, -0.25) is 4.79 Å². The molecule has 1 aliphatic rings. The fourth-order valence-electron chi connectivity index (χ4n) is 2.69. The summed E-state index contributed by atoms with van der Waals surface area (Å²) in [7, 11) is 0. The third-order valence-electron chi connectivity index (χ3n) is 3.88. The van der Waals surface area contributed by atoms with E-state index in [1.165, 1.54) is 11.3 Å². The van der Waals surface area contributed by atoms with Crippen molar-refractivity contribution in [3.05, 3.63) is 47.5 Å². The van der Waals surface area contributed by atoms with Crippen LogP contribution in [0, 0.1) is 5.82 Å². The Bertz CT molecular complexity index is 883. The summed E-state index contributed by atoms with van der Waals surface area (Å²) in [6.07, 6.45) is 2.62. The van der Waals surface area contributed by atoms with Gasteiger partial charge in [-0.15, -0.1) is 11.3 Å². The third-order valence-corrected chi connectivity index (χ3v) is 4.67. The van der Waals surface area contributed by atoms with Gasteiger partial charge in [0, 0.05) is 18.5 Å². The smallest absolute Gasteiger partial charge is 0.316 e. The molecule has 8 heteroatoms. The van der Waals surface area contributed by atoms with Crippen LogP contribution < -0.4 is 4.74 Å². The van der Waals surface area contributed by atoms with Gasteiger partial charge >= 0.3 is 6.01 Å². The second kappa shape index (κ2) is 6.12. The first-order valence-corrected chi connectivity index (χ1v) is 8.34. The molecule has 24 heavy (non-hydrogen) atoms. The third kappa shape index (κ3) is 2.92. The molecule has 0 N–H and O–H groups in total. The highest BCUT2D eigenvalue weighted by molar-refractivity contribution is 7.16. The number of fused-ring (bicyclic) bond motifs is 1. The van der Waals surface area contributed by atoms with Gasteiger partial charge in [0.25, 0.3) is 5.91 Å². The Labute approximate surface area is 140 Å². The zero-order valence-corrected chi connectivity index (χ0v) is 13.4. The molecule has 1 aliphatic heterocycles. The maximum Gasteiger partial charge on any atom is 0.316 e. The molecule has 1 unspecified atom stereocenters. The van der Waals surface area contributed by atoms with Gasteiger partial charge in [-0.25, -0.2) is 19.3 Å². The molecular formula is C16H13FN4O2S. The van der Waals surface area contributed by atoms with Crippen LogP contribution in [0.25, 0.3) is 10.2 Å². The van der Waals surface area contributed by atoms with Gasteiger partial charge in [0.05, 0.1) is 34.7 Å². The van der Waals surface area contributed by atoms with Crippen LogP contribution in [0.1, 0.15) is 16.8 Å². The standard InChI is InChI=1S/C16H13FN4O2S/c17-11-6-18-16(19-7-11)23-12-3-4-21(8-12)15(22)10-1-2-13-14(5-10)24-9-20-13/h1-2,5-7,9,12H,3-4,8H2. The lowest BCUT2D eigenvalue weighted by Crippen LogP contribution is -2.31. The molecule has 0 bridgehead atoms. The maximum atomic E-state index is 12.8. The van der Waals surface area contributed by atoms with Crippen molar-refractivity contribution >= 4 is 27.5 Å². The Kier molecular flexibility index (Phi) is 3.81. The number of rotatable bonds is 3. The van der Waals surface area contributed by atoms with Crippen LogP contribution in [-0.4, -0.2) is 45.0 Å². The quantitative estimate of drug-likeness (QED) is 0.730. The van der Waals surface area contributed by atoms with Gasteiger partial charge < -0.3 is 9.64 Å². The van der Waals surface area contributed by atoms with E-state index in [2.05, 4.69) is 15.0 Å². The molecule has 0 saturated carbocycles. The molecule has 3 heterocycles. The Morgan fingerprint density at radius 3 is 2.96 bits per heavy atom. The highest BCUT2D eigenvalue weighted by Crippen LogP contribution is 2.22. The van der Waals surface area contributed by atoms with E-state index >= 15 is 0 Å². The summed E-state index contributed by atoms with van der Waals surface area (Å²) < 4.78 is 19.4. The molecule has 0 spiro atoms. The summed E-state index contributed by atoms with van der Waals surface area (Å²) in [5, 5.41) is 0. The van der Waals surface area contributed by atoms with Crippen molar-refractivity contribution in [2.75, 3.05) is 13.1 Å². The van der Waals surface area contributed by atoms with Crippen molar-refractivity contribution in [3.63, 3.8) is 0 Å². The molecule has 4 rings (SSSR count). The molecule has 1 aromatic carbocycles. The summed E-state index contributed by atoms with van der Waals surface area (Å²) >= 11 is 1.51. The lowest BCUT2D eigenvalue weighted by Gasteiger charge is -2.16. The predicted octanol–water partition coefficient (Wildman–Crippen LogP) is 2.52. The van der Waals surface area contributed by atoms with Gasteiger partial charge in [0.2, 0.25) is 0 Å². The molecule has 1 atom stereocenters. The second-order valence-electron chi connectivity index (χ2n) is 5.50. The van der Waals surface area contributed by atoms with E-state index in [1.807, 2.05) is 12.1 Å². The zero-order valence-electron chi connectivity index (χ0n) is 12.6. The number of amides is 1. The topological polar surface area (TPSA) is 68.2 Å². The molecule has 0 radical (unpaired) electrons. The monoisotopic (exact) mass is 344 g/mol. The van der Waals surface area contributed by atoms with Crippen molar-refractivity contribution in [2.45, 2.75) is 12.5 Å². The number of ether oxygens (including phenoxy) is 1. The van der Waals surface area contributed by atoms with Crippen molar-refractivity contribution in [3.8, 4) is 6.01 Å². The minimum Gasteiger partial charge on any atom is -0.458 e. The average Bonchev–Trinajstić information content (AvgIpc) is 3.24. The molecule has 1 fully saturated rings. The van der Waals surface area contributed by atoms with Crippen LogP contribution in [0.3, 0.4) is 0 Å². The van der Waals surface area contributed by atoms with Crippen molar-refractivity contribution in [2.24, 2.45) is 0 Å². The number of nitrogens with zero attached hydrogens (tertiary/aromatic N) is 4. The predicted molar refractivity (Wildman–Crippen MR) is 86.5 cm³/mol. The summed E-state index contributed by atoms with van der Waals surface area (Å²) in [4.78, 5) is 26.2. The number of carbonyl (C=O) groups excluding carboxylic acids is 1. The van der Waals surface area contributed by atoms with Crippen LogP contribution >= 0.6 is 11.3 Å². The van der Waals surface area contributed by atoms with Crippen molar-refractivity contribution in [1.82, 2.24) is 19.9 Å². The zero-order chi connectivity index (χ0) is 16.5. The Balaban J connectivity index is 1.43. The Morgan fingerprint density at radius 2 is 2.12 bits per heavy atom. The lowest BCUT2D eigenvalue weighted by molar-refractivity contribution is 0.0770. The summed E-state index contributed by atoms with van der Waals surface area (Å²) in [5.74, 6) is -0.541. The van der Waals surface area contributed by atoms with E-state index in [-0.39, 0.29) is 18.0 Å². The Morgan fingerprint density at radius 1 is 1.29 bits per heavy atom.